The average molecular weight is 655 g/mol. The van der Waals surface area contributed by atoms with Crippen molar-refractivity contribution >= 4 is 43.5 Å². The number of carbonyl (C=O) groups is 2. The minimum Gasteiger partial charge on any atom is -0.354 e. The molecule has 0 heterocycles. The zero-order valence-corrected chi connectivity index (χ0v) is 25.0. The van der Waals surface area contributed by atoms with Gasteiger partial charge in [-0.15, -0.1) is 0 Å². The van der Waals surface area contributed by atoms with E-state index in [-0.39, 0.29) is 18.7 Å². The molecule has 1 N–H and O–H groups in total. The van der Waals surface area contributed by atoms with Gasteiger partial charge in [0.05, 0.1) is 17.5 Å². The molecule has 3 aromatic carbocycles. The van der Waals surface area contributed by atoms with Crippen molar-refractivity contribution in [3.05, 3.63) is 100 Å². The van der Waals surface area contributed by atoms with Crippen LogP contribution >= 0.6 is 15.9 Å². The Balaban J connectivity index is 2.07. The molecule has 0 aliphatic rings. The van der Waals surface area contributed by atoms with Crippen LogP contribution in [0.2, 0.25) is 0 Å². The minimum atomic E-state index is -4.71. The molecule has 0 fully saturated rings. The van der Waals surface area contributed by atoms with Crippen LogP contribution in [0.5, 0.6) is 0 Å². The first-order valence-electron chi connectivity index (χ1n) is 12.8. The van der Waals surface area contributed by atoms with Crippen molar-refractivity contribution in [1.82, 2.24) is 10.2 Å². The zero-order valence-electron chi connectivity index (χ0n) is 22.6. The van der Waals surface area contributed by atoms with Crippen LogP contribution in [0.4, 0.5) is 18.9 Å². The van der Waals surface area contributed by atoms with Gasteiger partial charge in [0, 0.05) is 24.0 Å². The van der Waals surface area contributed by atoms with Gasteiger partial charge in [-0.1, -0.05) is 71.4 Å². The van der Waals surface area contributed by atoms with E-state index in [0.29, 0.717) is 28.9 Å². The molecular weight excluding hydrogens is 623 g/mol. The van der Waals surface area contributed by atoms with Crippen LogP contribution in [-0.4, -0.2) is 50.5 Å². The number of nitrogens with zero attached hydrogens (tertiary/aromatic N) is 2. The predicted molar refractivity (Wildman–Crippen MR) is 156 cm³/mol. The number of sulfonamides is 1. The standard InChI is InChI=1S/C29H31BrF3N3O4S/c1-3-15-34-28(38)26(17-21-9-5-4-6-10-21)35(19-22-11-7-13-24(30)16-22)27(37)20-36(41(2,39)40)25-14-8-12-23(18-25)29(31,32)33/h4-14,16,18,26H,3,15,17,19-20H2,1-2H3,(H,34,38). The molecule has 41 heavy (non-hydrogen) atoms. The molecular formula is C29H31BrF3N3O4S. The number of nitrogens with one attached hydrogen (secondary N) is 1. The molecule has 1 unspecified atom stereocenters. The molecule has 0 aliphatic carbocycles. The van der Waals surface area contributed by atoms with Gasteiger partial charge >= 0.3 is 6.18 Å². The maximum Gasteiger partial charge on any atom is 0.416 e. The summed E-state index contributed by atoms with van der Waals surface area (Å²) in [6, 6.07) is 18.9. The maximum absolute atomic E-state index is 14.0. The Morgan fingerprint density at radius 1 is 0.951 bits per heavy atom. The molecule has 0 saturated carbocycles. The number of carbonyl (C=O) groups excluding carboxylic acids is 2. The molecule has 7 nitrogen and oxygen atoms in total. The van der Waals surface area contributed by atoms with Crippen molar-refractivity contribution in [2.75, 3.05) is 23.7 Å². The van der Waals surface area contributed by atoms with Gasteiger partial charge in [-0.05, 0) is 47.9 Å². The van der Waals surface area contributed by atoms with Crippen molar-refractivity contribution in [2.45, 2.75) is 38.5 Å². The van der Waals surface area contributed by atoms with Crippen molar-refractivity contribution in [1.29, 1.82) is 0 Å². The molecule has 3 rings (SSSR count). The third-order valence-corrected chi connectivity index (χ3v) is 7.84. The van der Waals surface area contributed by atoms with Gasteiger partial charge in [0.2, 0.25) is 21.8 Å². The van der Waals surface area contributed by atoms with E-state index in [1.165, 1.54) is 11.0 Å². The summed E-state index contributed by atoms with van der Waals surface area (Å²) in [6.07, 6.45) is -3.11. The lowest BCUT2D eigenvalue weighted by Gasteiger charge is -2.33. The van der Waals surface area contributed by atoms with Crippen LogP contribution in [-0.2, 0) is 38.8 Å². The summed E-state index contributed by atoms with van der Waals surface area (Å²) < 4.78 is 67.1. The number of anilines is 1. The second-order valence-corrected chi connectivity index (χ2v) is 12.3. The van der Waals surface area contributed by atoms with E-state index in [1.54, 1.807) is 36.4 Å². The summed E-state index contributed by atoms with van der Waals surface area (Å²) in [6.45, 7) is 1.40. The first-order valence-corrected chi connectivity index (χ1v) is 15.4. The Hall–Kier alpha value is -3.38. The Morgan fingerprint density at radius 3 is 2.22 bits per heavy atom. The fourth-order valence-corrected chi connectivity index (χ4v) is 5.49. The molecule has 220 valence electrons. The molecule has 12 heteroatoms. The summed E-state index contributed by atoms with van der Waals surface area (Å²) >= 11 is 3.40. The van der Waals surface area contributed by atoms with Gasteiger partial charge in [0.25, 0.3) is 0 Å². The molecule has 1 atom stereocenters. The highest BCUT2D eigenvalue weighted by molar-refractivity contribution is 9.10. The SMILES string of the molecule is CCCNC(=O)C(Cc1ccccc1)N(Cc1cccc(Br)c1)C(=O)CN(c1cccc(C(F)(F)F)c1)S(C)(=O)=O. The van der Waals surface area contributed by atoms with Gasteiger partial charge < -0.3 is 10.2 Å². The van der Waals surface area contributed by atoms with Crippen molar-refractivity contribution in [2.24, 2.45) is 0 Å². The van der Waals surface area contributed by atoms with E-state index < -0.39 is 46.2 Å². The van der Waals surface area contributed by atoms with E-state index in [2.05, 4.69) is 21.2 Å². The summed E-state index contributed by atoms with van der Waals surface area (Å²) in [5.41, 5.74) is 0.0733. The van der Waals surface area contributed by atoms with Gasteiger partial charge in [-0.25, -0.2) is 8.42 Å². The van der Waals surface area contributed by atoms with E-state index in [0.717, 1.165) is 28.4 Å². The minimum absolute atomic E-state index is 0.0461. The summed E-state index contributed by atoms with van der Waals surface area (Å²) in [7, 11) is -4.20. The number of alkyl halides is 3. The third kappa shape index (κ3) is 9.32. The Labute approximate surface area is 246 Å². The van der Waals surface area contributed by atoms with E-state index >= 15 is 0 Å². The number of hydrogen-bond acceptors (Lipinski definition) is 4. The number of halogens is 4. The molecule has 0 saturated heterocycles. The largest absolute Gasteiger partial charge is 0.416 e. The Morgan fingerprint density at radius 2 is 1.61 bits per heavy atom. The van der Waals surface area contributed by atoms with Crippen molar-refractivity contribution < 1.29 is 31.2 Å². The smallest absolute Gasteiger partial charge is 0.354 e. The molecule has 3 aromatic rings. The number of amides is 2. The zero-order chi connectivity index (χ0) is 30.2. The highest BCUT2D eigenvalue weighted by atomic mass is 79.9. The molecule has 2 amide bonds. The van der Waals surface area contributed by atoms with Gasteiger partial charge in [-0.2, -0.15) is 13.2 Å². The average Bonchev–Trinajstić information content (AvgIpc) is 2.91. The second kappa shape index (κ2) is 14.0. The lowest BCUT2D eigenvalue weighted by Crippen LogP contribution is -2.53. The molecule has 0 bridgehead atoms. The Bertz CT molecular complexity index is 1450. The number of hydrogen-bond donors (Lipinski definition) is 1. The van der Waals surface area contributed by atoms with E-state index in [1.807, 2.05) is 25.1 Å². The lowest BCUT2D eigenvalue weighted by molar-refractivity contribution is -0.140. The summed E-state index contributed by atoms with van der Waals surface area (Å²) in [5, 5.41) is 2.83. The molecule has 0 aromatic heterocycles. The topological polar surface area (TPSA) is 86.8 Å². The van der Waals surface area contributed by atoms with Crippen LogP contribution in [0.3, 0.4) is 0 Å². The monoisotopic (exact) mass is 653 g/mol. The number of benzene rings is 3. The first kappa shape index (κ1) is 32.1. The second-order valence-electron chi connectivity index (χ2n) is 9.47. The van der Waals surface area contributed by atoms with Gasteiger partial charge in [0.15, 0.2) is 0 Å². The fourth-order valence-electron chi connectivity index (χ4n) is 4.20. The van der Waals surface area contributed by atoms with E-state index in [9.17, 15) is 31.2 Å². The third-order valence-electron chi connectivity index (χ3n) is 6.20. The molecule has 0 spiro atoms. The number of rotatable bonds is 12. The highest BCUT2D eigenvalue weighted by Crippen LogP contribution is 2.32. The van der Waals surface area contributed by atoms with Crippen LogP contribution in [0.1, 0.15) is 30.0 Å². The van der Waals surface area contributed by atoms with Crippen LogP contribution in [0.25, 0.3) is 0 Å². The molecule has 0 aliphatic heterocycles. The van der Waals surface area contributed by atoms with Gasteiger partial charge in [-0.3, -0.25) is 13.9 Å². The van der Waals surface area contributed by atoms with Crippen LogP contribution < -0.4 is 9.62 Å². The quantitative estimate of drug-likeness (QED) is 0.284. The lowest BCUT2D eigenvalue weighted by atomic mass is 10.0. The summed E-state index contributed by atoms with van der Waals surface area (Å²) in [4.78, 5) is 28.7. The first-order chi connectivity index (χ1) is 19.3. The highest BCUT2D eigenvalue weighted by Gasteiger charge is 2.35. The van der Waals surface area contributed by atoms with Crippen LogP contribution in [0.15, 0.2) is 83.3 Å². The predicted octanol–water partition coefficient (Wildman–Crippen LogP) is 5.40. The Kier molecular flexibility index (Phi) is 11.0. The normalized spacial score (nSPS) is 12.4. The van der Waals surface area contributed by atoms with E-state index in [4.69, 9.17) is 0 Å². The summed E-state index contributed by atoms with van der Waals surface area (Å²) in [5.74, 6) is -1.18. The molecule has 0 radical (unpaired) electrons. The van der Waals surface area contributed by atoms with Crippen LogP contribution in [0, 0.1) is 0 Å². The van der Waals surface area contributed by atoms with Crippen molar-refractivity contribution in [3.63, 3.8) is 0 Å². The van der Waals surface area contributed by atoms with Gasteiger partial charge in [0.1, 0.15) is 12.6 Å². The van der Waals surface area contributed by atoms with Crippen molar-refractivity contribution in [3.8, 4) is 0 Å². The fraction of sp³-hybridized carbons (Fsp3) is 0.310. The maximum atomic E-state index is 14.0.